The van der Waals surface area contributed by atoms with E-state index in [1.807, 2.05) is 6.92 Å². The van der Waals surface area contributed by atoms with E-state index in [2.05, 4.69) is 5.32 Å². The number of carboxylic acids is 1. The SMILES string of the molecule is CC1CCCCC1(NC(=O)C(O)c1ccccc1)C(=O)O. The lowest BCUT2D eigenvalue weighted by molar-refractivity contribution is -0.153. The van der Waals surface area contributed by atoms with E-state index < -0.39 is 23.5 Å². The van der Waals surface area contributed by atoms with Gasteiger partial charge in [0.05, 0.1) is 0 Å². The number of nitrogens with one attached hydrogen (secondary N) is 1. The quantitative estimate of drug-likeness (QED) is 0.790. The number of aliphatic carboxylic acids is 1. The zero-order chi connectivity index (χ0) is 15.5. The molecule has 1 saturated carbocycles. The van der Waals surface area contributed by atoms with Crippen LogP contribution in [0.5, 0.6) is 0 Å². The molecular weight excluding hydrogens is 270 g/mol. The van der Waals surface area contributed by atoms with Crippen LogP contribution in [0, 0.1) is 5.92 Å². The highest BCUT2D eigenvalue weighted by Gasteiger charge is 2.47. The van der Waals surface area contributed by atoms with Crippen molar-refractivity contribution in [3.8, 4) is 0 Å². The molecule has 1 aromatic carbocycles. The predicted molar refractivity (Wildman–Crippen MR) is 77.5 cm³/mol. The molecule has 3 N–H and O–H groups in total. The number of aliphatic hydroxyl groups is 1. The zero-order valence-corrected chi connectivity index (χ0v) is 12.1. The molecule has 3 atom stereocenters. The van der Waals surface area contributed by atoms with Crippen molar-refractivity contribution in [1.29, 1.82) is 0 Å². The van der Waals surface area contributed by atoms with Crippen molar-refractivity contribution in [2.45, 2.75) is 44.2 Å². The maximum atomic E-state index is 12.2. The van der Waals surface area contributed by atoms with Gasteiger partial charge in [0.2, 0.25) is 0 Å². The van der Waals surface area contributed by atoms with Crippen LogP contribution in [-0.4, -0.2) is 27.6 Å². The number of aliphatic hydroxyl groups excluding tert-OH is 1. The summed E-state index contributed by atoms with van der Waals surface area (Å²) >= 11 is 0. The van der Waals surface area contributed by atoms with Crippen molar-refractivity contribution >= 4 is 11.9 Å². The first-order chi connectivity index (χ1) is 9.97. The van der Waals surface area contributed by atoms with Gasteiger partial charge in [-0.3, -0.25) is 4.79 Å². The molecule has 1 aromatic rings. The second-order valence-electron chi connectivity index (χ2n) is 5.73. The van der Waals surface area contributed by atoms with E-state index in [-0.39, 0.29) is 5.92 Å². The molecule has 5 nitrogen and oxygen atoms in total. The summed E-state index contributed by atoms with van der Waals surface area (Å²) in [6.45, 7) is 1.84. The van der Waals surface area contributed by atoms with Gasteiger partial charge in [-0.25, -0.2) is 4.79 Å². The van der Waals surface area contributed by atoms with Crippen LogP contribution in [0.4, 0.5) is 0 Å². The van der Waals surface area contributed by atoms with Crippen LogP contribution in [0.2, 0.25) is 0 Å². The molecule has 0 spiro atoms. The summed E-state index contributed by atoms with van der Waals surface area (Å²) in [5.74, 6) is -1.84. The number of benzene rings is 1. The Kier molecular flexibility index (Phi) is 4.63. The van der Waals surface area contributed by atoms with Crippen LogP contribution in [0.15, 0.2) is 30.3 Å². The van der Waals surface area contributed by atoms with Crippen LogP contribution < -0.4 is 5.32 Å². The molecule has 3 unspecified atom stereocenters. The fourth-order valence-electron chi connectivity index (χ4n) is 2.98. The summed E-state index contributed by atoms with van der Waals surface area (Å²) in [6.07, 6.45) is 1.53. The van der Waals surface area contributed by atoms with Crippen molar-refractivity contribution in [2.75, 3.05) is 0 Å². The average molecular weight is 291 g/mol. The Bertz CT molecular complexity index is 516. The van der Waals surface area contributed by atoms with E-state index in [0.717, 1.165) is 19.3 Å². The minimum Gasteiger partial charge on any atom is -0.479 e. The summed E-state index contributed by atoms with van der Waals surface area (Å²) in [4.78, 5) is 23.9. The van der Waals surface area contributed by atoms with Crippen molar-refractivity contribution in [3.05, 3.63) is 35.9 Å². The Morgan fingerprint density at radius 2 is 1.95 bits per heavy atom. The highest BCUT2D eigenvalue weighted by molar-refractivity contribution is 5.90. The van der Waals surface area contributed by atoms with Crippen LogP contribution in [0.1, 0.15) is 44.3 Å². The molecule has 0 bridgehead atoms. The number of hydrogen-bond acceptors (Lipinski definition) is 3. The maximum absolute atomic E-state index is 12.2. The summed E-state index contributed by atoms with van der Waals surface area (Å²) in [5, 5.41) is 22.3. The number of hydrogen-bond donors (Lipinski definition) is 3. The lowest BCUT2D eigenvalue weighted by atomic mass is 9.73. The van der Waals surface area contributed by atoms with Gasteiger partial charge < -0.3 is 15.5 Å². The standard InChI is InChI=1S/C16H21NO4/c1-11-7-5-6-10-16(11,15(20)21)17-14(19)13(18)12-8-3-2-4-9-12/h2-4,8-9,11,13,18H,5-7,10H2,1H3,(H,17,19)(H,20,21). The van der Waals surface area contributed by atoms with Gasteiger partial charge in [0.15, 0.2) is 6.10 Å². The second kappa shape index (κ2) is 6.26. The molecule has 0 aliphatic heterocycles. The van der Waals surface area contributed by atoms with E-state index in [4.69, 9.17) is 0 Å². The number of amides is 1. The van der Waals surface area contributed by atoms with Crippen LogP contribution >= 0.6 is 0 Å². The number of carboxylic acid groups (broad SMARTS) is 1. The first-order valence-corrected chi connectivity index (χ1v) is 7.26. The van der Waals surface area contributed by atoms with Gasteiger partial charge in [0.25, 0.3) is 5.91 Å². The van der Waals surface area contributed by atoms with Crippen LogP contribution in [-0.2, 0) is 9.59 Å². The Labute approximate surface area is 124 Å². The van der Waals surface area contributed by atoms with Gasteiger partial charge >= 0.3 is 5.97 Å². The largest absolute Gasteiger partial charge is 0.479 e. The summed E-state index contributed by atoms with van der Waals surface area (Å²) in [6, 6.07) is 8.52. The molecule has 1 fully saturated rings. The average Bonchev–Trinajstić information content (AvgIpc) is 2.49. The van der Waals surface area contributed by atoms with Gasteiger partial charge in [0, 0.05) is 0 Å². The predicted octanol–water partition coefficient (Wildman–Crippen LogP) is 1.87. The summed E-state index contributed by atoms with van der Waals surface area (Å²) in [5.41, 5.74) is -0.815. The molecule has 2 rings (SSSR count). The van der Waals surface area contributed by atoms with Gasteiger partial charge in [-0.1, -0.05) is 50.1 Å². The van der Waals surface area contributed by atoms with Crippen molar-refractivity contribution in [1.82, 2.24) is 5.32 Å². The zero-order valence-electron chi connectivity index (χ0n) is 12.1. The Morgan fingerprint density at radius 3 is 2.52 bits per heavy atom. The van der Waals surface area contributed by atoms with Gasteiger partial charge in [0.1, 0.15) is 5.54 Å². The summed E-state index contributed by atoms with van der Waals surface area (Å²) in [7, 11) is 0. The molecule has 21 heavy (non-hydrogen) atoms. The minimum atomic E-state index is -1.35. The molecule has 1 amide bonds. The Balaban J connectivity index is 2.17. The van der Waals surface area contributed by atoms with Crippen molar-refractivity contribution < 1.29 is 19.8 Å². The maximum Gasteiger partial charge on any atom is 0.329 e. The van der Waals surface area contributed by atoms with Crippen LogP contribution in [0.25, 0.3) is 0 Å². The molecule has 1 aliphatic carbocycles. The molecule has 114 valence electrons. The molecule has 0 aromatic heterocycles. The molecule has 1 aliphatic rings. The molecule has 0 saturated heterocycles. The van der Waals surface area contributed by atoms with E-state index in [0.29, 0.717) is 12.0 Å². The minimum absolute atomic E-state index is 0.157. The Morgan fingerprint density at radius 1 is 1.29 bits per heavy atom. The second-order valence-corrected chi connectivity index (χ2v) is 5.73. The first kappa shape index (κ1) is 15.5. The van der Waals surface area contributed by atoms with E-state index in [1.54, 1.807) is 30.3 Å². The molecular formula is C16H21NO4. The number of carbonyl (C=O) groups excluding carboxylic acids is 1. The fourth-order valence-corrected chi connectivity index (χ4v) is 2.98. The topological polar surface area (TPSA) is 86.6 Å². The molecule has 5 heteroatoms. The normalized spacial score (nSPS) is 26.9. The third kappa shape index (κ3) is 3.08. The van der Waals surface area contributed by atoms with Crippen molar-refractivity contribution in [2.24, 2.45) is 5.92 Å². The molecule has 0 radical (unpaired) electrons. The highest BCUT2D eigenvalue weighted by atomic mass is 16.4. The smallest absolute Gasteiger partial charge is 0.329 e. The highest BCUT2D eigenvalue weighted by Crippen LogP contribution is 2.34. The van der Waals surface area contributed by atoms with Gasteiger partial charge in [-0.05, 0) is 24.3 Å². The third-order valence-corrected chi connectivity index (χ3v) is 4.39. The number of carbonyl (C=O) groups is 2. The lowest BCUT2D eigenvalue weighted by Crippen LogP contribution is -2.60. The first-order valence-electron chi connectivity index (χ1n) is 7.26. The van der Waals surface area contributed by atoms with Gasteiger partial charge in [-0.2, -0.15) is 0 Å². The third-order valence-electron chi connectivity index (χ3n) is 4.39. The van der Waals surface area contributed by atoms with Crippen LogP contribution in [0.3, 0.4) is 0 Å². The van der Waals surface area contributed by atoms with Gasteiger partial charge in [-0.15, -0.1) is 0 Å². The van der Waals surface area contributed by atoms with E-state index in [9.17, 15) is 19.8 Å². The summed E-state index contributed by atoms with van der Waals surface area (Å²) < 4.78 is 0. The Hall–Kier alpha value is -1.88. The van der Waals surface area contributed by atoms with E-state index in [1.165, 1.54) is 0 Å². The number of rotatable bonds is 4. The lowest BCUT2D eigenvalue weighted by Gasteiger charge is -2.40. The van der Waals surface area contributed by atoms with Crippen molar-refractivity contribution in [3.63, 3.8) is 0 Å². The van der Waals surface area contributed by atoms with E-state index >= 15 is 0 Å². The fraction of sp³-hybridized carbons (Fsp3) is 0.500. The monoisotopic (exact) mass is 291 g/mol. The molecule has 0 heterocycles.